The zero-order valence-electron chi connectivity index (χ0n) is 11.1. The topological polar surface area (TPSA) is 53.4 Å². The molecule has 0 N–H and O–H groups in total. The molecule has 0 bridgehead atoms. The van der Waals surface area contributed by atoms with Crippen molar-refractivity contribution in [3.8, 4) is 5.88 Å². The Morgan fingerprint density at radius 1 is 1.35 bits per heavy atom. The third kappa shape index (κ3) is 3.85. The Labute approximate surface area is 102 Å². The minimum Gasteiger partial charge on any atom is -0.475 e. The van der Waals surface area contributed by atoms with Crippen LogP contribution in [0.15, 0.2) is 0 Å². The first-order valence-electron chi connectivity index (χ1n) is 5.60. The van der Waals surface area contributed by atoms with Crippen molar-refractivity contribution in [1.82, 2.24) is 9.78 Å². The molecule has 0 aromatic carbocycles. The molecule has 0 radical (unpaired) electrons. The standard InChI is InChI=1S/C12H20N2O3/c1-9-10(8-15)11(14(5)13-9)16-6-7-17-12(2,3)4/h8H,6-7H2,1-5H3. The van der Waals surface area contributed by atoms with Crippen molar-refractivity contribution in [2.45, 2.75) is 33.3 Å². The number of hydrogen-bond acceptors (Lipinski definition) is 4. The van der Waals surface area contributed by atoms with E-state index < -0.39 is 0 Å². The summed E-state index contributed by atoms with van der Waals surface area (Å²) in [5, 5.41) is 4.13. The van der Waals surface area contributed by atoms with Crippen LogP contribution in [0.2, 0.25) is 0 Å². The molecule has 0 aliphatic rings. The smallest absolute Gasteiger partial charge is 0.222 e. The summed E-state index contributed by atoms with van der Waals surface area (Å²) >= 11 is 0. The van der Waals surface area contributed by atoms with Crippen molar-refractivity contribution >= 4 is 6.29 Å². The van der Waals surface area contributed by atoms with Crippen molar-refractivity contribution in [1.29, 1.82) is 0 Å². The lowest BCUT2D eigenvalue weighted by Crippen LogP contribution is -2.22. The molecule has 1 aromatic rings. The molecule has 0 fully saturated rings. The molecule has 0 amide bonds. The molecular weight excluding hydrogens is 220 g/mol. The predicted molar refractivity (Wildman–Crippen MR) is 64.5 cm³/mol. The van der Waals surface area contributed by atoms with E-state index >= 15 is 0 Å². The van der Waals surface area contributed by atoms with Crippen LogP contribution >= 0.6 is 0 Å². The second-order valence-electron chi connectivity index (χ2n) is 4.85. The molecule has 5 nitrogen and oxygen atoms in total. The third-order valence-electron chi connectivity index (χ3n) is 2.19. The number of rotatable bonds is 5. The largest absolute Gasteiger partial charge is 0.475 e. The van der Waals surface area contributed by atoms with E-state index in [1.54, 1.807) is 18.7 Å². The van der Waals surface area contributed by atoms with Crippen LogP contribution in [0.3, 0.4) is 0 Å². The first kappa shape index (κ1) is 13.7. The van der Waals surface area contributed by atoms with E-state index in [1.807, 2.05) is 20.8 Å². The highest BCUT2D eigenvalue weighted by Gasteiger charge is 2.14. The SMILES string of the molecule is Cc1nn(C)c(OCCOC(C)(C)C)c1C=O. The van der Waals surface area contributed by atoms with Gasteiger partial charge < -0.3 is 9.47 Å². The summed E-state index contributed by atoms with van der Waals surface area (Å²) in [6, 6.07) is 0. The van der Waals surface area contributed by atoms with Gasteiger partial charge in [-0.15, -0.1) is 0 Å². The summed E-state index contributed by atoms with van der Waals surface area (Å²) in [5.74, 6) is 0.495. The second-order valence-corrected chi connectivity index (χ2v) is 4.85. The molecule has 17 heavy (non-hydrogen) atoms. The third-order valence-corrected chi connectivity index (χ3v) is 2.19. The second kappa shape index (κ2) is 5.31. The number of aryl methyl sites for hydroxylation is 2. The fourth-order valence-corrected chi connectivity index (χ4v) is 1.45. The number of ether oxygens (including phenoxy) is 2. The fraction of sp³-hybridized carbons (Fsp3) is 0.667. The van der Waals surface area contributed by atoms with Crippen LogP contribution in [0.4, 0.5) is 0 Å². The predicted octanol–water partition coefficient (Wildman–Crippen LogP) is 1.73. The summed E-state index contributed by atoms with van der Waals surface area (Å²) in [5.41, 5.74) is 0.997. The van der Waals surface area contributed by atoms with Crippen LogP contribution in [-0.4, -0.2) is 34.9 Å². The van der Waals surface area contributed by atoms with Crippen molar-refractivity contribution in [2.75, 3.05) is 13.2 Å². The van der Waals surface area contributed by atoms with Gasteiger partial charge in [-0.2, -0.15) is 5.10 Å². The maximum absolute atomic E-state index is 10.9. The lowest BCUT2D eigenvalue weighted by Gasteiger charge is -2.19. The molecule has 0 saturated heterocycles. The Morgan fingerprint density at radius 2 is 2.00 bits per heavy atom. The van der Waals surface area contributed by atoms with E-state index in [0.717, 1.165) is 6.29 Å². The molecule has 0 spiro atoms. The first-order chi connectivity index (χ1) is 7.85. The molecule has 1 aromatic heterocycles. The molecular formula is C12H20N2O3. The van der Waals surface area contributed by atoms with E-state index in [0.29, 0.717) is 30.4 Å². The number of aromatic nitrogens is 2. The van der Waals surface area contributed by atoms with Crippen molar-refractivity contribution in [3.63, 3.8) is 0 Å². The molecule has 0 aliphatic heterocycles. The summed E-state index contributed by atoms with van der Waals surface area (Å²) < 4.78 is 12.6. The van der Waals surface area contributed by atoms with Crippen molar-refractivity contribution < 1.29 is 14.3 Å². The van der Waals surface area contributed by atoms with Crippen LogP contribution in [0.25, 0.3) is 0 Å². The van der Waals surface area contributed by atoms with E-state index in [-0.39, 0.29) is 5.60 Å². The Morgan fingerprint density at radius 3 is 2.53 bits per heavy atom. The van der Waals surface area contributed by atoms with Gasteiger partial charge in [0.1, 0.15) is 6.61 Å². The van der Waals surface area contributed by atoms with Gasteiger partial charge in [-0.05, 0) is 27.7 Å². The maximum Gasteiger partial charge on any atom is 0.222 e. The Bertz CT molecular complexity index is 391. The van der Waals surface area contributed by atoms with Gasteiger partial charge >= 0.3 is 0 Å². The summed E-state index contributed by atoms with van der Waals surface area (Å²) in [7, 11) is 1.75. The molecule has 1 heterocycles. The average Bonchev–Trinajstić information content (AvgIpc) is 2.46. The Balaban J connectivity index is 2.55. The normalized spacial score (nSPS) is 11.6. The van der Waals surface area contributed by atoms with Gasteiger partial charge in [-0.3, -0.25) is 4.79 Å². The van der Waals surface area contributed by atoms with E-state index in [2.05, 4.69) is 5.10 Å². The van der Waals surface area contributed by atoms with Gasteiger partial charge in [0, 0.05) is 7.05 Å². The molecule has 0 aliphatic carbocycles. The van der Waals surface area contributed by atoms with Crippen LogP contribution < -0.4 is 4.74 Å². The maximum atomic E-state index is 10.9. The fourth-order valence-electron chi connectivity index (χ4n) is 1.45. The molecule has 0 atom stereocenters. The summed E-state index contributed by atoms with van der Waals surface area (Å²) in [4.78, 5) is 10.9. The lowest BCUT2D eigenvalue weighted by atomic mass is 10.2. The quantitative estimate of drug-likeness (QED) is 0.581. The number of carbonyl (C=O) groups excluding carboxylic acids is 1. The van der Waals surface area contributed by atoms with E-state index in [9.17, 15) is 4.79 Å². The van der Waals surface area contributed by atoms with Gasteiger partial charge in [0.15, 0.2) is 6.29 Å². The number of hydrogen-bond donors (Lipinski definition) is 0. The Kier molecular flexibility index (Phi) is 4.28. The number of aldehydes is 1. The van der Waals surface area contributed by atoms with Crippen molar-refractivity contribution in [3.05, 3.63) is 11.3 Å². The van der Waals surface area contributed by atoms with Gasteiger partial charge in [0.25, 0.3) is 0 Å². The highest BCUT2D eigenvalue weighted by atomic mass is 16.5. The van der Waals surface area contributed by atoms with Gasteiger partial charge in [0.2, 0.25) is 5.88 Å². The molecule has 0 saturated carbocycles. The van der Waals surface area contributed by atoms with Crippen LogP contribution in [0, 0.1) is 6.92 Å². The summed E-state index contributed by atoms with van der Waals surface area (Å²) in [6.45, 7) is 8.61. The number of nitrogens with zero attached hydrogens (tertiary/aromatic N) is 2. The monoisotopic (exact) mass is 240 g/mol. The van der Waals surface area contributed by atoms with Gasteiger partial charge in [-0.25, -0.2) is 4.68 Å². The minimum absolute atomic E-state index is 0.181. The van der Waals surface area contributed by atoms with Crippen LogP contribution in [-0.2, 0) is 11.8 Å². The first-order valence-corrected chi connectivity index (χ1v) is 5.60. The van der Waals surface area contributed by atoms with E-state index in [4.69, 9.17) is 9.47 Å². The summed E-state index contributed by atoms with van der Waals surface area (Å²) in [6.07, 6.45) is 0.766. The average molecular weight is 240 g/mol. The Hall–Kier alpha value is -1.36. The lowest BCUT2D eigenvalue weighted by molar-refractivity contribution is -0.0172. The van der Waals surface area contributed by atoms with Crippen molar-refractivity contribution in [2.24, 2.45) is 7.05 Å². The minimum atomic E-state index is -0.181. The number of carbonyl (C=O) groups is 1. The van der Waals surface area contributed by atoms with Gasteiger partial charge in [0.05, 0.1) is 23.5 Å². The van der Waals surface area contributed by atoms with Gasteiger partial charge in [-0.1, -0.05) is 0 Å². The zero-order valence-corrected chi connectivity index (χ0v) is 11.1. The molecule has 96 valence electrons. The zero-order chi connectivity index (χ0) is 13.1. The van der Waals surface area contributed by atoms with Crippen LogP contribution in [0.5, 0.6) is 5.88 Å². The highest BCUT2D eigenvalue weighted by molar-refractivity contribution is 5.79. The highest BCUT2D eigenvalue weighted by Crippen LogP contribution is 2.19. The molecule has 0 unspecified atom stereocenters. The molecule has 5 heteroatoms. The van der Waals surface area contributed by atoms with E-state index in [1.165, 1.54) is 0 Å². The van der Waals surface area contributed by atoms with Crippen LogP contribution in [0.1, 0.15) is 36.8 Å². The molecule has 1 rings (SSSR count).